The first-order chi connectivity index (χ1) is 12.7. The number of amides is 2. The molecule has 0 atom stereocenters. The Morgan fingerprint density at radius 1 is 0.808 bits per heavy atom. The topological polar surface area (TPSA) is 58.2 Å². The van der Waals surface area contributed by atoms with Gasteiger partial charge in [0.25, 0.3) is 5.91 Å². The molecule has 0 fully saturated rings. The lowest BCUT2D eigenvalue weighted by atomic mass is 9.91. The van der Waals surface area contributed by atoms with E-state index in [4.69, 9.17) is 0 Å². The van der Waals surface area contributed by atoms with Crippen LogP contribution in [0.2, 0.25) is 0 Å². The fraction of sp³-hybridized carbons (Fsp3) is 0.0476. The Morgan fingerprint density at radius 3 is 1.96 bits per heavy atom. The zero-order valence-corrected chi connectivity index (χ0v) is 14.8. The van der Waals surface area contributed by atoms with Crippen molar-refractivity contribution in [1.29, 1.82) is 0 Å². The number of benzene rings is 2. The standard InChI is InChI=1S/C21H18N2O2S/c24-19(14-13-18-12-7-15-26-18)22-23-21(25)20(16-8-3-1-4-9-16)17-10-5-2-6-11-17/h1-15,20H,(H,22,24)(H,23,25)/b14-13+. The van der Waals surface area contributed by atoms with Gasteiger partial charge in [-0.05, 0) is 28.6 Å². The highest BCUT2D eigenvalue weighted by Crippen LogP contribution is 2.24. The smallest absolute Gasteiger partial charge is 0.262 e. The molecule has 26 heavy (non-hydrogen) atoms. The van der Waals surface area contributed by atoms with Crippen LogP contribution in [0.5, 0.6) is 0 Å². The summed E-state index contributed by atoms with van der Waals surface area (Å²) in [5.41, 5.74) is 6.69. The van der Waals surface area contributed by atoms with Crippen molar-refractivity contribution in [3.05, 3.63) is 100 Å². The number of hydrogen-bond acceptors (Lipinski definition) is 3. The molecular formula is C21H18N2O2S. The normalized spacial score (nSPS) is 10.8. The van der Waals surface area contributed by atoms with E-state index in [1.807, 2.05) is 78.2 Å². The van der Waals surface area contributed by atoms with Gasteiger partial charge in [-0.2, -0.15) is 0 Å². The first-order valence-electron chi connectivity index (χ1n) is 8.15. The monoisotopic (exact) mass is 362 g/mol. The minimum Gasteiger partial charge on any atom is -0.272 e. The lowest BCUT2D eigenvalue weighted by Crippen LogP contribution is -2.43. The van der Waals surface area contributed by atoms with Gasteiger partial charge in [0.2, 0.25) is 5.91 Å². The second kappa shape index (κ2) is 8.78. The molecule has 0 aliphatic rings. The fourth-order valence-corrected chi connectivity index (χ4v) is 3.19. The van der Waals surface area contributed by atoms with E-state index in [1.54, 1.807) is 6.08 Å². The molecule has 0 saturated carbocycles. The number of carbonyl (C=O) groups excluding carboxylic acids is 2. The summed E-state index contributed by atoms with van der Waals surface area (Å²) in [6.45, 7) is 0. The highest BCUT2D eigenvalue weighted by Gasteiger charge is 2.22. The summed E-state index contributed by atoms with van der Waals surface area (Å²) >= 11 is 1.53. The molecular weight excluding hydrogens is 344 g/mol. The van der Waals surface area contributed by atoms with Crippen molar-refractivity contribution in [2.45, 2.75) is 5.92 Å². The average Bonchev–Trinajstić information content (AvgIpc) is 3.20. The van der Waals surface area contributed by atoms with Crippen molar-refractivity contribution in [3.63, 3.8) is 0 Å². The molecule has 4 nitrogen and oxygen atoms in total. The van der Waals surface area contributed by atoms with E-state index in [9.17, 15) is 9.59 Å². The van der Waals surface area contributed by atoms with Crippen molar-refractivity contribution >= 4 is 29.2 Å². The molecule has 3 aromatic rings. The largest absolute Gasteiger partial charge is 0.272 e. The Bertz CT molecular complexity index is 835. The first-order valence-corrected chi connectivity index (χ1v) is 9.03. The van der Waals surface area contributed by atoms with Crippen LogP contribution in [0.15, 0.2) is 84.3 Å². The van der Waals surface area contributed by atoms with Gasteiger partial charge < -0.3 is 0 Å². The maximum atomic E-state index is 12.7. The van der Waals surface area contributed by atoms with Crippen LogP contribution in [0, 0.1) is 0 Å². The van der Waals surface area contributed by atoms with Crippen LogP contribution in [0.25, 0.3) is 6.08 Å². The van der Waals surface area contributed by atoms with Crippen LogP contribution >= 0.6 is 11.3 Å². The summed E-state index contributed by atoms with van der Waals surface area (Å²) in [5.74, 6) is -1.18. The van der Waals surface area contributed by atoms with Gasteiger partial charge in [-0.3, -0.25) is 20.4 Å². The van der Waals surface area contributed by atoms with Crippen LogP contribution < -0.4 is 10.9 Å². The molecule has 0 bridgehead atoms. The van der Waals surface area contributed by atoms with Crippen molar-refractivity contribution in [2.24, 2.45) is 0 Å². The van der Waals surface area contributed by atoms with Gasteiger partial charge in [-0.25, -0.2) is 0 Å². The minimum absolute atomic E-state index is 0.291. The van der Waals surface area contributed by atoms with E-state index >= 15 is 0 Å². The molecule has 0 aliphatic heterocycles. The maximum absolute atomic E-state index is 12.7. The molecule has 130 valence electrons. The summed E-state index contributed by atoms with van der Waals surface area (Å²) < 4.78 is 0. The summed E-state index contributed by atoms with van der Waals surface area (Å²) in [7, 11) is 0. The Morgan fingerprint density at radius 2 is 1.42 bits per heavy atom. The van der Waals surface area contributed by atoms with Crippen molar-refractivity contribution in [3.8, 4) is 0 Å². The Hall–Kier alpha value is -3.18. The third-order valence-corrected chi connectivity index (χ3v) is 4.62. The third kappa shape index (κ3) is 4.68. The Labute approximate surface area is 156 Å². The quantitative estimate of drug-likeness (QED) is 0.537. The van der Waals surface area contributed by atoms with Crippen LogP contribution in [0.3, 0.4) is 0 Å². The second-order valence-electron chi connectivity index (χ2n) is 5.58. The number of thiophene rings is 1. The maximum Gasteiger partial charge on any atom is 0.262 e. The molecule has 3 rings (SSSR count). The number of hydrazine groups is 1. The summed E-state index contributed by atoms with van der Waals surface area (Å²) in [6.07, 6.45) is 3.10. The van der Waals surface area contributed by atoms with E-state index < -0.39 is 5.92 Å². The Balaban J connectivity index is 1.69. The summed E-state index contributed by atoms with van der Waals surface area (Å²) in [5, 5.41) is 1.93. The van der Waals surface area contributed by atoms with Crippen LogP contribution in [-0.4, -0.2) is 11.8 Å². The van der Waals surface area contributed by atoms with Crippen molar-refractivity contribution in [1.82, 2.24) is 10.9 Å². The molecule has 2 aromatic carbocycles. The summed E-state index contributed by atoms with van der Waals surface area (Å²) in [6, 6.07) is 22.8. The SMILES string of the molecule is O=C(/C=C/c1cccs1)NNC(=O)C(c1ccccc1)c1ccccc1. The summed E-state index contributed by atoms with van der Waals surface area (Å²) in [4.78, 5) is 25.6. The van der Waals surface area contributed by atoms with E-state index in [0.29, 0.717) is 0 Å². The van der Waals surface area contributed by atoms with Crippen LogP contribution in [-0.2, 0) is 9.59 Å². The molecule has 0 radical (unpaired) electrons. The lowest BCUT2D eigenvalue weighted by Gasteiger charge is -2.17. The van der Waals surface area contributed by atoms with Crippen molar-refractivity contribution in [2.75, 3.05) is 0 Å². The molecule has 0 saturated heterocycles. The van der Waals surface area contributed by atoms with Gasteiger partial charge in [0.1, 0.15) is 0 Å². The molecule has 1 heterocycles. The predicted molar refractivity (Wildman–Crippen MR) is 104 cm³/mol. The predicted octanol–water partition coefficient (Wildman–Crippen LogP) is 3.74. The zero-order chi connectivity index (χ0) is 18.2. The molecule has 0 aliphatic carbocycles. The molecule has 0 spiro atoms. The molecule has 0 unspecified atom stereocenters. The number of rotatable bonds is 5. The van der Waals surface area contributed by atoms with E-state index in [-0.39, 0.29) is 11.8 Å². The number of hydrogen-bond donors (Lipinski definition) is 2. The zero-order valence-electron chi connectivity index (χ0n) is 14.0. The molecule has 2 N–H and O–H groups in total. The van der Waals surface area contributed by atoms with Gasteiger partial charge in [0.15, 0.2) is 0 Å². The van der Waals surface area contributed by atoms with Gasteiger partial charge in [0.05, 0.1) is 5.92 Å². The highest BCUT2D eigenvalue weighted by molar-refractivity contribution is 7.10. The van der Waals surface area contributed by atoms with Crippen molar-refractivity contribution < 1.29 is 9.59 Å². The van der Waals surface area contributed by atoms with Gasteiger partial charge in [-0.1, -0.05) is 66.7 Å². The third-order valence-electron chi connectivity index (χ3n) is 3.78. The van der Waals surface area contributed by atoms with Gasteiger partial charge >= 0.3 is 0 Å². The van der Waals surface area contributed by atoms with E-state index in [1.165, 1.54) is 17.4 Å². The number of carbonyl (C=O) groups is 2. The lowest BCUT2D eigenvalue weighted by molar-refractivity contribution is -0.127. The number of nitrogens with one attached hydrogen (secondary N) is 2. The second-order valence-corrected chi connectivity index (χ2v) is 6.56. The molecule has 2 amide bonds. The fourth-order valence-electron chi connectivity index (χ4n) is 2.57. The molecule has 1 aromatic heterocycles. The van der Waals surface area contributed by atoms with Crippen LogP contribution in [0.4, 0.5) is 0 Å². The van der Waals surface area contributed by atoms with Crippen LogP contribution in [0.1, 0.15) is 21.9 Å². The first kappa shape index (κ1) is 17.6. The highest BCUT2D eigenvalue weighted by atomic mass is 32.1. The minimum atomic E-state index is -0.501. The van der Waals surface area contributed by atoms with E-state index in [2.05, 4.69) is 10.9 Å². The molecule has 5 heteroatoms. The average molecular weight is 362 g/mol. The van der Waals surface area contributed by atoms with Gasteiger partial charge in [0, 0.05) is 11.0 Å². The van der Waals surface area contributed by atoms with Gasteiger partial charge in [-0.15, -0.1) is 11.3 Å². The Kier molecular flexibility index (Phi) is 5.96. The van der Waals surface area contributed by atoms with E-state index in [0.717, 1.165) is 16.0 Å².